The summed E-state index contributed by atoms with van der Waals surface area (Å²) in [4.78, 5) is 0. The van der Waals surface area contributed by atoms with E-state index in [2.05, 4.69) is 11.9 Å². The average molecular weight is 223 g/mol. The van der Waals surface area contributed by atoms with Crippen LogP contribution in [-0.2, 0) is 6.54 Å². The lowest BCUT2D eigenvalue weighted by molar-refractivity contribution is 0.474. The zero-order chi connectivity index (χ0) is 10.9. The normalized spacial score (nSPS) is 10.1. The quantitative estimate of drug-likeness (QED) is 0.550. The Hall–Kier alpha value is -0.930. The van der Waals surface area contributed by atoms with Gasteiger partial charge in [0.05, 0.1) is 0 Å². The lowest BCUT2D eigenvalue weighted by atomic mass is 10.2. The van der Waals surface area contributed by atoms with E-state index >= 15 is 0 Å². The van der Waals surface area contributed by atoms with Crippen LogP contribution >= 0.6 is 11.8 Å². The van der Waals surface area contributed by atoms with Gasteiger partial charge in [-0.15, -0.1) is 6.58 Å². The highest BCUT2D eigenvalue weighted by Gasteiger charge is 1.93. The first-order valence-electron chi connectivity index (χ1n) is 5.00. The van der Waals surface area contributed by atoms with Crippen molar-refractivity contribution in [2.75, 3.05) is 18.1 Å². The van der Waals surface area contributed by atoms with Gasteiger partial charge in [-0.1, -0.05) is 18.2 Å². The second-order valence-corrected chi connectivity index (χ2v) is 4.36. The predicted octanol–water partition coefficient (Wildman–Crippen LogP) is 2.40. The van der Waals surface area contributed by atoms with Gasteiger partial charge in [-0.2, -0.15) is 11.8 Å². The molecule has 0 saturated carbocycles. The summed E-state index contributed by atoms with van der Waals surface area (Å²) in [6.07, 6.45) is 1.92. The molecule has 0 saturated heterocycles. The van der Waals surface area contributed by atoms with Crippen molar-refractivity contribution >= 4 is 11.8 Å². The van der Waals surface area contributed by atoms with Gasteiger partial charge in [0.15, 0.2) is 0 Å². The smallest absolute Gasteiger partial charge is 0.115 e. The number of aromatic hydroxyl groups is 1. The second-order valence-electron chi connectivity index (χ2n) is 3.21. The van der Waals surface area contributed by atoms with Crippen molar-refractivity contribution in [3.05, 3.63) is 42.5 Å². The van der Waals surface area contributed by atoms with Crippen molar-refractivity contribution in [2.24, 2.45) is 0 Å². The van der Waals surface area contributed by atoms with Crippen LogP contribution in [0.3, 0.4) is 0 Å². The number of rotatable bonds is 7. The predicted molar refractivity (Wildman–Crippen MR) is 67.3 cm³/mol. The summed E-state index contributed by atoms with van der Waals surface area (Å²) in [5.74, 6) is 2.42. The van der Waals surface area contributed by atoms with Crippen LogP contribution in [0.15, 0.2) is 36.9 Å². The SMILES string of the molecule is C=CCSCCNCc1cccc(O)c1. The van der Waals surface area contributed by atoms with E-state index in [9.17, 15) is 5.11 Å². The molecule has 2 N–H and O–H groups in total. The monoisotopic (exact) mass is 223 g/mol. The zero-order valence-electron chi connectivity index (χ0n) is 8.78. The van der Waals surface area contributed by atoms with E-state index in [0.717, 1.165) is 30.2 Å². The Morgan fingerprint density at radius 3 is 3.07 bits per heavy atom. The Bertz CT molecular complexity index is 301. The molecule has 0 aromatic heterocycles. The summed E-state index contributed by atoms with van der Waals surface area (Å²) in [7, 11) is 0. The maximum atomic E-state index is 9.24. The lowest BCUT2D eigenvalue weighted by Crippen LogP contribution is -2.16. The number of phenolic OH excluding ortho intramolecular Hbond substituents is 1. The molecule has 0 bridgehead atoms. The van der Waals surface area contributed by atoms with Crippen LogP contribution in [-0.4, -0.2) is 23.2 Å². The summed E-state index contributed by atoms with van der Waals surface area (Å²) in [6.45, 7) is 5.46. The summed E-state index contributed by atoms with van der Waals surface area (Å²) in [6, 6.07) is 7.33. The van der Waals surface area contributed by atoms with Gasteiger partial charge in [0, 0.05) is 24.6 Å². The number of hydrogen-bond acceptors (Lipinski definition) is 3. The van der Waals surface area contributed by atoms with Crippen molar-refractivity contribution in [3.8, 4) is 5.75 Å². The molecule has 0 spiro atoms. The molecule has 0 fully saturated rings. The molecular formula is C12H17NOS. The highest BCUT2D eigenvalue weighted by molar-refractivity contribution is 7.99. The van der Waals surface area contributed by atoms with Crippen LogP contribution < -0.4 is 5.32 Å². The van der Waals surface area contributed by atoms with Gasteiger partial charge in [-0.05, 0) is 17.7 Å². The third kappa shape index (κ3) is 5.50. The van der Waals surface area contributed by atoms with Gasteiger partial charge in [-0.25, -0.2) is 0 Å². The molecule has 1 aromatic rings. The minimum absolute atomic E-state index is 0.329. The fraction of sp³-hybridized carbons (Fsp3) is 0.333. The third-order valence-corrected chi connectivity index (χ3v) is 2.86. The summed E-state index contributed by atoms with van der Waals surface area (Å²) in [5.41, 5.74) is 1.11. The first-order valence-corrected chi connectivity index (χ1v) is 6.15. The molecule has 1 aromatic carbocycles. The van der Waals surface area contributed by atoms with Crippen LogP contribution in [0.5, 0.6) is 5.75 Å². The Morgan fingerprint density at radius 1 is 1.47 bits per heavy atom. The van der Waals surface area contributed by atoms with E-state index in [1.54, 1.807) is 12.1 Å². The number of phenols is 1. The molecule has 15 heavy (non-hydrogen) atoms. The fourth-order valence-electron chi connectivity index (χ4n) is 1.21. The van der Waals surface area contributed by atoms with E-state index in [0.29, 0.717) is 5.75 Å². The maximum absolute atomic E-state index is 9.24. The van der Waals surface area contributed by atoms with Crippen LogP contribution in [0.25, 0.3) is 0 Å². The standard InChI is InChI=1S/C12H17NOS/c1-2-7-15-8-6-13-10-11-4-3-5-12(14)9-11/h2-5,9,13-14H,1,6-8,10H2. The van der Waals surface area contributed by atoms with Gasteiger partial charge < -0.3 is 10.4 Å². The number of nitrogens with one attached hydrogen (secondary N) is 1. The topological polar surface area (TPSA) is 32.3 Å². The Morgan fingerprint density at radius 2 is 2.33 bits per heavy atom. The first-order chi connectivity index (χ1) is 7.33. The lowest BCUT2D eigenvalue weighted by Gasteiger charge is -2.04. The molecule has 0 atom stereocenters. The van der Waals surface area contributed by atoms with Gasteiger partial charge in [-0.3, -0.25) is 0 Å². The number of benzene rings is 1. The third-order valence-electron chi connectivity index (χ3n) is 1.90. The minimum atomic E-state index is 0.329. The molecule has 0 aliphatic rings. The highest BCUT2D eigenvalue weighted by atomic mass is 32.2. The van der Waals surface area contributed by atoms with Gasteiger partial charge in [0.1, 0.15) is 5.75 Å². The van der Waals surface area contributed by atoms with Crippen molar-refractivity contribution in [1.29, 1.82) is 0 Å². The molecule has 0 amide bonds. The molecular weight excluding hydrogens is 206 g/mol. The van der Waals surface area contributed by atoms with E-state index in [1.165, 1.54) is 0 Å². The summed E-state index contributed by atoms with van der Waals surface area (Å²) < 4.78 is 0. The molecule has 82 valence electrons. The Balaban J connectivity index is 2.12. The number of hydrogen-bond donors (Lipinski definition) is 2. The highest BCUT2D eigenvalue weighted by Crippen LogP contribution is 2.10. The van der Waals surface area contributed by atoms with Gasteiger partial charge in [0.25, 0.3) is 0 Å². The fourth-order valence-corrected chi connectivity index (χ4v) is 1.83. The maximum Gasteiger partial charge on any atom is 0.115 e. The number of thioether (sulfide) groups is 1. The van der Waals surface area contributed by atoms with Crippen molar-refractivity contribution in [1.82, 2.24) is 5.32 Å². The van der Waals surface area contributed by atoms with Crippen LogP contribution in [0.1, 0.15) is 5.56 Å². The molecule has 2 nitrogen and oxygen atoms in total. The summed E-state index contributed by atoms with van der Waals surface area (Å²) >= 11 is 1.86. The van der Waals surface area contributed by atoms with Crippen LogP contribution in [0.2, 0.25) is 0 Å². The minimum Gasteiger partial charge on any atom is -0.508 e. The molecule has 0 heterocycles. The molecule has 3 heteroatoms. The molecule has 0 aliphatic heterocycles. The zero-order valence-corrected chi connectivity index (χ0v) is 9.59. The van der Waals surface area contributed by atoms with Crippen molar-refractivity contribution in [2.45, 2.75) is 6.54 Å². The molecule has 0 aliphatic carbocycles. The molecule has 0 unspecified atom stereocenters. The van der Waals surface area contributed by atoms with Gasteiger partial charge in [0.2, 0.25) is 0 Å². The Labute approximate surface area is 95.4 Å². The summed E-state index contributed by atoms with van der Waals surface area (Å²) in [5, 5.41) is 12.6. The van der Waals surface area contributed by atoms with Gasteiger partial charge >= 0.3 is 0 Å². The molecule has 1 rings (SSSR count). The second kappa shape index (κ2) is 7.37. The van der Waals surface area contributed by atoms with Crippen molar-refractivity contribution in [3.63, 3.8) is 0 Å². The average Bonchev–Trinajstić information content (AvgIpc) is 2.23. The first kappa shape index (κ1) is 12.1. The Kier molecular flexibility index (Phi) is 5.97. The van der Waals surface area contributed by atoms with Crippen LogP contribution in [0, 0.1) is 0 Å². The van der Waals surface area contributed by atoms with E-state index in [-0.39, 0.29) is 0 Å². The van der Waals surface area contributed by atoms with E-state index < -0.39 is 0 Å². The van der Waals surface area contributed by atoms with Crippen LogP contribution in [0.4, 0.5) is 0 Å². The molecule has 0 radical (unpaired) electrons. The van der Waals surface area contributed by atoms with Crippen molar-refractivity contribution < 1.29 is 5.11 Å². The van der Waals surface area contributed by atoms with E-state index in [4.69, 9.17) is 0 Å². The largest absolute Gasteiger partial charge is 0.508 e. The van der Waals surface area contributed by atoms with E-state index in [1.807, 2.05) is 30.0 Å².